The van der Waals surface area contributed by atoms with Gasteiger partial charge in [0, 0.05) is 25.8 Å². The number of benzene rings is 1. The van der Waals surface area contributed by atoms with E-state index in [1.807, 2.05) is 18.7 Å². The lowest BCUT2D eigenvalue weighted by atomic mass is 10.0. The van der Waals surface area contributed by atoms with E-state index in [-0.39, 0.29) is 47.6 Å². The van der Waals surface area contributed by atoms with Crippen LogP contribution in [0.2, 0.25) is 0 Å². The van der Waals surface area contributed by atoms with Gasteiger partial charge in [0.1, 0.15) is 40.6 Å². The number of amides is 1. The first-order valence-corrected chi connectivity index (χ1v) is 13.5. The standard InChI is InChI=1S/C30H28F2N6O4/c1-5-20(40)36-11-12-37-17(13-36)14-42-29-22-27(23(32)25(34-29)21-18(31)7-6-8-19(21)39)38(30(41)35-28(22)37)26-16(4)9-10-33-24(26)15(2)3/h5-10,15,17,39H,1,11-14H2,2-4H3. The fraction of sp³-hybridized carbons (Fsp3) is 0.300. The van der Waals surface area contributed by atoms with Crippen molar-refractivity contribution in [2.75, 3.05) is 31.1 Å². The van der Waals surface area contributed by atoms with Gasteiger partial charge in [-0.2, -0.15) is 4.98 Å². The number of ether oxygens (including phenoxy) is 1. The number of aromatic hydroxyl groups is 1. The SMILES string of the molecule is C=CC(=O)N1CCN2c3nc(=O)n(-c4c(C)ccnc4C(C)C)c4c(F)c(-c5c(O)cccc5F)nc(c34)OCC2C1. The number of phenolic OH excluding ortho intramolecular Hbond substituents is 1. The molecule has 12 heteroatoms. The van der Waals surface area contributed by atoms with Crippen molar-refractivity contribution in [3.63, 3.8) is 0 Å². The van der Waals surface area contributed by atoms with E-state index in [0.717, 1.165) is 10.6 Å². The zero-order chi connectivity index (χ0) is 29.9. The minimum absolute atomic E-state index is 0.0189. The van der Waals surface area contributed by atoms with Crippen LogP contribution >= 0.6 is 0 Å². The zero-order valence-corrected chi connectivity index (χ0v) is 23.3. The highest BCUT2D eigenvalue weighted by Gasteiger charge is 2.38. The van der Waals surface area contributed by atoms with Crippen molar-refractivity contribution in [3.05, 3.63) is 76.5 Å². The first kappa shape index (κ1) is 27.3. The van der Waals surface area contributed by atoms with Crippen molar-refractivity contribution in [3.8, 4) is 28.6 Å². The van der Waals surface area contributed by atoms with Crippen molar-refractivity contribution < 1.29 is 23.4 Å². The number of pyridine rings is 2. The van der Waals surface area contributed by atoms with Gasteiger partial charge in [-0.3, -0.25) is 14.3 Å². The Morgan fingerprint density at radius 2 is 2.00 bits per heavy atom. The molecule has 0 bridgehead atoms. The van der Waals surface area contributed by atoms with E-state index in [9.17, 15) is 14.7 Å². The fourth-order valence-corrected chi connectivity index (χ4v) is 5.73. The lowest BCUT2D eigenvalue weighted by Gasteiger charge is -2.40. The normalized spacial score (nSPS) is 16.3. The Morgan fingerprint density at radius 1 is 1.21 bits per heavy atom. The molecule has 1 amide bonds. The van der Waals surface area contributed by atoms with Gasteiger partial charge < -0.3 is 19.6 Å². The minimum atomic E-state index is -1.03. The molecule has 1 saturated heterocycles. The molecule has 216 valence electrons. The van der Waals surface area contributed by atoms with Crippen molar-refractivity contribution in [1.82, 2.24) is 24.4 Å². The zero-order valence-electron chi connectivity index (χ0n) is 23.3. The number of phenols is 1. The predicted octanol–water partition coefficient (Wildman–Crippen LogP) is 3.85. The summed E-state index contributed by atoms with van der Waals surface area (Å²) < 4.78 is 39.3. The lowest BCUT2D eigenvalue weighted by Crippen LogP contribution is -2.56. The molecule has 1 N–H and O–H groups in total. The monoisotopic (exact) mass is 574 g/mol. The van der Waals surface area contributed by atoms with E-state index >= 15 is 8.78 Å². The smallest absolute Gasteiger partial charge is 0.354 e. The number of fused-ring (bicyclic) bond motifs is 2. The molecule has 10 nitrogen and oxygen atoms in total. The van der Waals surface area contributed by atoms with Gasteiger partial charge in [0.05, 0.1) is 23.0 Å². The molecule has 6 rings (SSSR count). The van der Waals surface area contributed by atoms with Gasteiger partial charge in [0.25, 0.3) is 0 Å². The first-order chi connectivity index (χ1) is 20.1. The number of hydrogen-bond donors (Lipinski definition) is 1. The number of hydrogen-bond acceptors (Lipinski definition) is 8. The molecule has 0 radical (unpaired) electrons. The average molecular weight is 575 g/mol. The first-order valence-electron chi connectivity index (χ1n) is 13.5. The Hall–Kier alpha value is -4.87. The summed E-state index contributed by atoms with van der Waals surface area (Å²) in [6, 6.07) is 4.86. The number of rotatable bonds is 4. The van der Waals surface area contributed by atoms with Gasteiger partial charge in [-0.15, -0.1) is 0 Å². The van der Waals surface area contributed by atoms with Crippen LogP contribution in [-0.4, -0.2) is 67.7 Å². The summed E-state index contributed by atoms with van der Waals surface area (Å²) in [5.41, 5.74) is -0.466. The van der Waals surface area contributed by atoms with Crippen LogP contribution in [-0.2, 0) is 4.79 Å². The number of carbonyl (C=O) groups is 1. The Balaban J connectivity index is 1.72. The molecule has 0 saturated carbocycles. The maximum atomic E-state index is 16.9. The second kappa shape index (κ2) is 10.2. The third kappa shape index (κ3) is 4.16. The number of aromatic nitrogens is 4. The molecular weight excluding hydrogens is 546 g/mol. The van der Waals surface area contributed by atoms with Crippen LogP contribution in [0.25, 0.3) is 27.8 Å². The largest absolute Gasteiger partial charge is 0.507 e. The highest BCUT2D eigenvalue weighted by atomic mass is 19.1. The van der Waals surface area contributed by atoms with E-state index in [2.05, 4.69) is 21.5 Å². The summed E-state index contributed by atoms with van der Waals surface area (Å²) in [5, 5.41) is 10.7. The molecule has 3 aromatic heterocycles. The maximum Gasteiger partial charge on any atom is 0.354 e. The molecule has 2 aliphatic heterocycles. The van der Waals surface area contributed by atoms with Crippen LogP contribution in [0.15, 0.2) is 47.9 Å². The van der Waals surface area contributed by atoms with Gasteiger partial charge in [-0.25, -0.2) is 18.6 Å². The molecule has 42 heavy (non-hydrogen) atoms. The van der Waals surface area contributed by atoms with Crippen LogP contribution in [0.4, 0.5) is 14.6 Å². The van der Waals surface area contributed by atoms with Gasteiger partial charge >= 0.3 is 5.69 Å². The Labute approximate surface area is 239 Å². The summed E-state index contributed by atoms with van der Waals surface area (Å²) in [4.78, 5) is 43.1. The average Bonchev–Trinajstić information content (AvgIpc) is 3.11. The number of anilines is 1. The molecule has 4 aromatic rings. The summed E-state index contributed by atoms with van der Waals surface area (Å²) in [6.45, 7) is 10.0. The van der Waals surface area contributed by atoms with Crippen LogP contribution in [0.1, 0.15) is 31.0 Å². The van der Waals surface area contributed by atoms with Crippen molar-refractivity contribution in [2.45, 2.75) is 32.7 Å². The number of nitrogens with zero attached hydrogens (tertiary/aromatic N) is 6. The Morgan fingerprint density at radius 3 is 2.71 bits per heavy atom. The molecule has 1 atom stereocenters. The summed E-state index contributed by atoms with van der Waals surface area (Å²) >= 11 is 0. The second-order valence-corrected chi connectivity index (χ2v) is 10.7. The predicted molar refractivity (Wildman–Crippen MR) is 152 cm³/mol. The molecule has 5 heterocycles. The fourth-order valence-electron chi connectivity index (χ4n) is 5.73. The van der Waals surface area contributed by atoms with E-state index in [4.69, 9.17) is 4.74 Å². The molecule has 2 aliphatic rings. The molecule has 0 spiro atoms. The number of halogens is 2. The topological polar surface area (TPSA) is 114 Å². The highest BCUT2D eigenvalue weighted by Crippen LogP contribution is 2.43. The summed E-state index contributed by atoms with van der Waals surface area (Å²) in [5.74, 6) is -2.79. The van der Waals surface area contributed by atoms with E-state index < -0.39 is 40.4 Å². The van der Waals surface area contributed by atoms with Gasteiger partial charge in [-0.1, -0.05) is 26.5 Å². The van der Waals surface area contributed by atoms with Crippen molar-refractivity contribution in [1.29, 1.82) is 0 Å². The molecule has 1 unspecified atom stereocenters. The molecule has 1 aromatic carbocycles. The third-order valence-electron chi connectivity index (χ3n) is 7.73. The number of carbonyl (C=O) groups excluding carboxylic acids is 1. The summed E-state index contributed by atoms with van der Waals surface area (Å²) in [7, 11) is 0. The quantitative estimate of drug-likeness (QED) is 0.366. The maximum absolute atomic E-state index is 16.9. The van der Waals surface area contributed by atoms with E-state index in [1.165, 1.54) is 18.2 Å². The van der Waals surface area contributed by atoms with Gasteiger partial charge in [0.2, 0.25) is 11.8 Å². The third-order valence-corrected chi connectivity index (χ3v) is 7.73. The van der Waals surface area contributed by atoms with Crippen LogP contribution < -0.4 is 15.3 Å². The van der Waals surface area contributed by atoms with Gasteiger partial charge in [-0.05, 0) is 42.7 Å². The van der Waals surface area contributed by atoms with Crippen LogP contribution in [0, 0.1) is 18.6 Å². The van der Waals surface area contributed by atoms with Crippen molar-refractivity contribution in [2.24, 2.45) is 0 Å². The molecule has 1 fully saturated rings. The molecule has 0 aliphatic carbocycles. The Bertz CT molecular complexity index is 1820. The summed E-state index contributed by atoms with van der Waals surface area (Å²) in [6.07, 6.45) is 2.84. The van der Waals surface area contributed by atoms with Gasteiger partial charge in [0.15, 0.2) is 5.82 Å². The van der Waals surface area contributed by atoms with E-state index in [0.29, 0.717) is 30.0 Å². The minimum Gasteiger partial charge on any atom is -0.507 e. The second-order valence-electron chi connectivity index (χ2n) is 10.7. The number of piperazine rings is 1. The van der Waals surface area contributed by atoms with Crippen LogP contribution in [0.5, 0.6) is 11.6 Å². The Kier molecular flexibility index (Phi) is 6.63. The highest BCUT2D eigenvalue weighted by molar-refractivity contribution is 5.98. The van der Waals surface area contributed by atoms with Crippen molar-refractivity contribution >= 4 is 22.6 Å². The number of aryl methyl sites for hydroxylation is 1. The molecular formula is C30H28F2N6O4. The van der Waals surface area contributed by atoms with E-state index in [1.54, 1.807) is 24.1 Å². The van der Waals surface area contributed by atoms with Crippen LogP contribution in [0.3, 0.4) is 0 Å². The lowest BCUT2D eigenvalue weighted by molar-refractivity contribution is -0.126.